The number of hydrogen-bond donors (Lipinski definition) is 2. The number of fused-ring (bicyclic) bond motifs is 4. The fourth-order valence-electron chi connectivity index (χ4n) is 7.48. The molecular weight excluding hydrogens is 586 g/mol. The molecule has 10 heteroatoms. The van der Waals surface area contributed by atoms with Gasteiger partial charge >= 0.3 is 0 Å². The molecule has 0 radical (unpaired) electrons. The predicted molar refractivity (Wildman–Crippen MR) is 168 cm³/mol. The minimum absolute atomic E-state index is 0.0410. The van der Waals surface area contributed by atoms with Crippen molar-refractivity contribution in [2.45, 2.75) is 68.4 Å². The Morgan fingerprint density at radius 3 is 2.74 bits per heavy atom. The fraction of sp³-hybridized carbons (Fsp3) is 0.545. The third-order valence-corrected chi connectivity index (χ3v) is 11.5. The van der Waals surface area contributed by atoms with E-state index in [-0.39, 0.29) is 22.3 Å². The summed E-state index contributed by atoms with van der Waals surface area (Å²) in [6.07, 6.45) is 9.15. The maximum absolute atomic E-state index is 13.6. The van der Waals surface area contributed by atoms with Gasteiger partial charge in [0.15, 0.2) is 0 Å². The molecule has 1 fully saturated rings. The van der Waals surface area contributed by atoms with Gasteiger partial charge in [-0.1, -0.05) is 43.7 Å². The SMILES string of the molecule is CO[C@@H]1C=CCN[C@@H](C(C)C)C(=O)NS(=O)(=O)c2ccc3c(c2)N(C[C@@H]2CC[C@H]21)C[C@@]1(CCCc2cc(Cl)ccc21)CO3. The summed E-state index contributed by atoms with van der Waals surface area (Å²) in [5.74, 6) is 0.681. The van der Waals surface area contributed by atoms with Crippen LogP contribution in [-0.4, -0.2) is 59.8 Å². The zero-order valence-corrected chi connectivity index (χ0v) is 26.7. The predicted octanol–water partition coefficient (Wildman–Crippen LogP) is 4.84. The Kier molecular flexibility index (Phi) is 8.54. The Morgan fingerprint density at radius 1 is 1.16 bits per heavy atom. The standard InChI is InChI=1S/C33H42ClN3O5S/c1-21(2)31-32(38)36-43(39,40)25-10-13-30-28(17-25)37(18-23-8-11-26(23)29(41-3)7-5-15-35-31)19-33(20-42-30)14-4-6-22-16-24(34)9-12-27(22)33/h5,7,9-10,12-13,16-17,21,23,26,29,31,35H,4,6,8,11,14-15,18-20H2,1-3H3,(H,36,38)/t23-,26+,29+,31-,33-/m0/s1. The van der Waals surface area contributed by atoms with E-state index >= 15 is 0 Å². The Bertz CT molecular complexity index is 1510. The number of carbonyl (C=O) groups excluding carboxylic acids is 1. The van der Waals surface area contributed by atoms with Crippen molar-refractivity contribution < 1.29 is 22.7 Å². The molecular formula is C33H42ClN3O5S. The first-order chi connectivity index (χ1) is 20.6. The van der Waals surface area contributed by atoms with Gasteiger partial charge in [0, 0.05) is 37.2 Å². The van der Waals surface area contributed by atoms with Crippen LogP contribution in [0.25, 0.3) is 0 Å². The molecule has 2 aromatic rings. The summed E-state index contributed by atoms with van der Waals surface area (Å²) < 4.78 is 42.0. The molecule has 1 spiro atoms. The van der Waals surface area contributed by atoms with Gasteiger partial charge < -0.3 is 19.7 Å². The molecule has 2 heterocycles. The van der Waals surface area contributed by atoms with Crippen LogP contribution in [0.4, 0.5) is 5.69 Å². The second-order valence-electron chi connectivity index (χ2n) is 13.0. The van der Waals surface area contributed by atoms with Crippen molar-refractivity contribution in [1.82, 2.24) is 10.0 Å². The van der Waals surface area contributed by atoms with E-state index < -0.39 is 22.0 Å². The van der Waals surface area contributed by atoms with E-state index in [0.717, 1.165) is 49.4 Å². The smallest absolute Gasteiger partial charge is 0.264 e. The molecule has 2 aromatic carbocycles. The summed E-state index contributed by atoms with van der Waals surface area (Å²) in [5.41, 5.74) is 3.00. The summed E-state index contributed by atoms with van der Waals surface area (Å²) in [5, 5.41) is 3.95. The molecule has 4 aliphatic rings. The topological polar surface area (TPSA) is 97.0 Å². The molecule has 0 saturated heterocycles. The van der Waals surface area contributed by atoms with E-state index in [1.165, 1.54) is 17.2 Å². The van der Waals surface area contributed by atoms with E-state index in [1.54, 1.807) is 19.2 Å². The van der Waals surface area contributed by atoms with Crippen molar-refractivity contribution in [3.63, 3.8) is 0 Å². The first-order valence-corrected chi connectivity index (χ1v) is 17.3. The molecule has 0 unspecified atom stereocenters. The first-order valence-electron chi connectivity index (χ1n) is 15.4. The summed E-state index contributed by atoms with van der Waals surface area (Å²) in [6, 6.07) is 10.5. The van der Waals surface area contributed by atoms with Crippen LogP contribution in [0.3, 0.4) is 0 Å². The van der Waals surface area contributed by atoms with Gasteiger partial charge in [-0.05, 0) is 91.3 Å². The van der Waals surface area contributed by atoms with Crippen LogP contribution >= 0.6 is 11.6 Å². The average Bonchev–Trinajstić information content (AvgIpc) is 3.10. The monoisotopic (exact) mass is 627 g/mol. The van der Waals surface area contributed by atoms with Crippen molar-refractivity contribution in [1.29, 1.82) is 0 Å². The Balaban J connectivity index is 1.44. The second kappa shape index (κ2) is 12.1. The number of methoxy groups -OCH3 is 1. The fourth-order valence-corrected chi connectivity index (χ4v) is 8.70. The normalized spacial score (nSPS) is 30.4. The molecule has 2 bridgehead atoms. The highest BCUT2D eigenvalue weighted by molar-refractivity contribution is 7.90. The minimum Gasteiger partial charge on any atom is -0.490 e. The number of nitrogens with one attached hydrogen (secondary N) is 2. The van der Waals surface area contributed by atoms with E-state index in [1.807, 2.05) is 26.0 Å². The Hall–Kier alpha value is -2.59. The number of amides is 1. The lowest BCUT2D eigenvalue weighted by Crippen LogP contribution is -2.50. The zero-order valence-electron chi connectivity index (χ0n) is 25.1. The van der Waals surface area contributed by atoms with Crippen molar-refractivity contribution >= 4 is 33.2 Å². The molecule has 232 valence electrons. The number of benzene rings is 2. The van der Waals surface area contributed by atoms with Gasteiger partial charge in [-0.15, -0.1) is 0 Å². The molecule has 5 atom stereocenters. The number of ether oxygens (including phenoxy) is 2. The Morgan fingerprint density at radius 2 is 2.00 bits per heavy atom. The molecule has 1 saturated carbocycles. The van der Waals surface area contributed by atoms with Gasteiger partial charge in [-0.3, -0.25) is 4.79 Å². The molecule has 43 heavy (non-hydrogen) atoms. The number of hydrogen-bond acceptors (Lipinski definition) is 7. The first kappa shape index (κ1) is 30.4. The van der Waals surface area contributed by atoms with Crippen LogP contribution in [0.15, 0.2) is 53.4 Å². The largest absolute Gasteiger partial charge is 0.490 e. The quantitative estimate of drug-likeness (QED) is 0.460. The van der Waals surface area contributed by atoms with Crippen molar-refractivity contribution in [3.05, 3.63) is 64.7 Å². The van der Waals surface area contributed by atoms with Gasteiger partial charge in [0.2, 0.25) is 0 Å². The van der Waals surface area contributed by atoms with Crippen LogP contribution in [0.1, 0.15) is 50.7 Å². The number of nitrogens with zero attached hydrogens (tertiary/aromatic N) is 1. The molecule has 0 aromatic heterocycles. The highest BCUT2D eigenvalue weighted by Gasteiger charge is 2.44. The molecule has 1 amide bonds. The highest BCUT2D eigenvalue weighted by atomic mass is 35.5. The van der Waals surface area contributed by atoms with Crippen LogP contribution < -0.4 is 19.7 Å². The number of aryl methyl sites for hydroxylation is 1. The average molecular weight is 628 g/mol. The number of sulfonamides is 1. The van der Waals surface area contributed by atoms with E-state index in [0.29, 0.717) is 37.3 Å². The minimum atomic E-state index is -4.12. The van der Waals surface area contributed by atoms with Crippen LogP contribution in [-0.2, 0) is 31.4 Å². The summed E-state index contributed by atoms with van der Waals surface area (Å²) >= 11 is 6.41. The summed E-state index contributed by atoms with van der Waals surface area (Å²) in [7, 11) is -2.37. The number of halogens is 1. The summed E-state index contributed by atoms with van der Waals surface area (Å²) in [4.78, 5) is 15.6. The van der Waals surface area contributed by atoms with Crippen molar-refractivity contribution in [2.24, 2.45) is 17.8 Å². The maximum atomic E-state index is 13.6. The molecule has 2 aliphatic carbocycles. The van der Waals surface area contributed by atoms with E-state index in [2.05, 4.69) is 33.1 Å². The Labute approximate surface area is 260 Å². The number of rotatable bonds is 2. The van der Waals surface area contributed by atoms with Crippen LogP contribution in [0.2, 0.25) is 5.02 Å². The second-order valence-corrected chi connectivity index (χ2v) is 15.1. The molecule has 2 N–H and O–H groups in total. The zero-order chi connectivity index (χ0) is 30.4. The lowest BCUT2D eigenvalue weighted by atomic mass is 9.68. The maximum Gasteiger partial charge on any atom is 0.264 e. The third-order valence-electron chi connectivity index (χ3n) is 9.91. The van der Waals surface area contributed by atoms with Gasteiger partial charge in [0.25, 0.3) is 15.9 Å². The molecule has 6 rings (SSSR count). The van der Waals surface area contributed by atoms with Crippen LogP contribution in [0.5, 0.6) is 5.75 Å². The van der Waals surface area contributed by atoms with Gasteiger partial charge in [-0.2, -0.15) is 0 Å². The lowest BCUT2D eigenvalue weighted by molar-refractivity contribution is -0.122. The van der Waals surface area contributed by atoms with Gasteiger partial charge in [0.1, 0.15) is 5.75 Å². The van der Waals surface area contributed by atoms with Gasteiger partial charge in [0.05, 0.1) is 29.3 Å². The van der Waals surface area contributed by atoms with Crippen LogP contribution in [0, 0.1) is 17.8 Å². The van der Waals surface area contributed by atoms with Crippen molar-refractivity contribution in [2.75, 3.05) is 38.3 Å². The van der Waals surface area contributed by atoms with Gasteiger partial charge in [-0.25, -0.2) is 13.1 Å². The molecule has 8 nitrogen and oxygen atoms in total. The number of anilines is 1. The van der Waals surface area contributed by atoms with E-state index in [9.17, 15) is 13.2 Å². The number of carbonyl (C=O) groups is 1. The van der Waals surface area contributed by atoms with E-state index in [4.69, 9.17) is 21.1 Å². The van der Waals surface area contributed by atoms with Crippen molar-refractivity contribution in [3.8, 4) is 5.75 Å². The highest BCUT2D eigenvalue weighted by Crippen LogP contribution is 2.47. The third kappa shape index (κ3) is 5.93. The summed E-state index contributed by atoms with van der Waals surface area (Å²) in [6.45, 7) is 6.17. The molecule has 2 aliphatic heterocycles. The lowest BCUT2D eigenvalue weighted by Gasteiger charge is -2.46.